The van der Waals surface area contributed by atoms with Gasteiger partial charge < -0.3 is 41.8 Å². The van der Waals surface area contributed by atoms with Gasteiger partial charge in [0.15, 0.2) is 23.1 Å². The molecule has 4 aromatic rings. The molecule has 0 spiro atoms. The van der Waals surface area contributed by atoms with E-state index in [2.05, 4.69) is 4.90 Å². The van der Waals surface area contributed by atoms with Crippen molar-refractivity contribution in [1.29, 1.82) is 0 Å². The third-order valence-electron chi connectivity index (χ3n) is 9.81. The minimum atomic E-state index is -3.59. The van der Waals surface area contributed by atoms with Crippen LogP contribution in [-0.2, 0) is 24.7 Å². The van der Waals surface area contributed by atoms with E-state index in [1.807, 2.05) is 11.8 Å². The monoisotopic (exact) mass is 775 g/mol. The molecule has 1 aliphatic heterocycles. The highest BCUT2D eigenvalue weighted by Crippen LogP contribution is 2.62. The molecular formula is C36H44FN3O11P2. The Kier molecular flexibility index (Phi) is 11.2. The van der Waals surface area contributed by atoms with Crippen molar-refractivity contribution in [3.8, 4) is 17.1 Å². The highest BCUT2D eigenvalue weighted by molar-refractivity contribution is 7.81. The molecule has 2 aromatic heterocycles. The van der Waals surface area contributed by atoms with Gasteiger partial charge in [-0.3, -0.25) is 14.3 Å². The molecule has 6 rings (SSSR count). The van der Waals surface area contributed by atoms with Crippen LogP contribution in [0, 0.1) is 5.82 Å². The summed E-state index contributed by atoms with van der Waals surface area (Å²) in [4.78, 5) is 41.3. The number of ether oxygens (including phenoxy) is 1. The molecule has 14 nitrogen and oxygen atoms in total. The normalized spacial score (nSPS) is 18.0. The third kappa shape index (κ3) is 7.68. The van der Waals surface area contributed by atoms with E-state index in [9.17, 15) is 28.6 Å². The first-order valence-corrected chi connectivity index (χ1v) is 21.4. The lowest BCUT2D eigenvalue weighted by atomic mass is 10.1. The van der Waals surface area contributed by atoms with Crippen molar-refractivity contribution >= 4 is 42.6 Å². The summed E-state index contributed by atoms with van der Waals surface area (Å²) >= 11 is 0. The second-order valence-corrected chi connectivity index (χ2v) is 19.1. The van der Waals surface area contributed by atoms with E-state index in [0.29, 0.717) is 36.0 Å². The van der Waals surface area contributed by atoms with E-state index < -0.39 is 43.3 Å². The van der Waals surface area contributed by atoms with E-state index in [-0.39, 0.29) is 72.3 Å². The van der Waals surface area contributed by atoms with Crippen LogP contribution in [0.2, 0.25) is 0 Å². The molecule has 286 valence electrons. The topological polar surface area (TPSA) is 171 Å². The van der Waals surface area contributed by atoms with Crippen LogP contribution in [0.1, 0.15) is 62.7 Å². The lowest BCUT2D eigenvalue weighted by molar-refractivity contribution is 0.0694. The number of anilines is 1. The summed E-state index contributed by atoms with van der Waals surface area (Å²) in [5, 5.41) is 10.1. The lowest BCUT2D eigenvalue weighted by Crippen LogP contribution is -2.51. The van der Waals surface area contributed by atoms with Gasteiger partial charge in [-0.1, -0.05) is 31.2 Å². The molecule has 1 saturated heterocycles. The van der Waals surface area contributed by atoms with Gasteiger partial charge in [-0.2, -0.15) is 0 Å². The Labute approximate surface area is 305 Å². The van der Waals surface area contributed by atoms with E-state index in [0.717, 1.165) is 18.9 Å². The van der Waals surface area contributed by atoms with Crippen LogP contribution in [0.25, 0.3) is 22.2 Å². The van der Waals surface area contributed by atoms with Crippen molar-refractivity contribution in [3.05, 3.63) is 74.5 Å². The SMILES string of the molecule is CCOP(=O)(CP(=O)(CC)c1ccc(-c2oc(=O)oc2CN2CCN(c3c(F)cc4c(=O)c(C(=O)O)cn(C5CC5)c4c3OC)CC2C)cc1)OCC. The molecule has 17 heteroatoms. The molecule has 0 amide bonds. The van der Waals surface area contributed by atoms with E-state index in [1.165, 1.54) is 13.3 Å². The van der Waals surface area contributed by atoms with Crippen LogP contribution in [-0.4, -0.2) is 78.6 Å². The van der Waals surface area contributed by atoms with Crippen LogP contribution in [0.15, 0.2) is 55.0 Å². The number of hydrogen-bond acceptors (Lipinski definition) is 12. The van der Waals surface area contributed by atoms with Crippen molar-refractivity contribution in [3.63, 3.8) is 0 Å². The molecule has 0 bridgehead atoms. The number of nitrogens with zero attached hydrogens (tertiary/aromatic N) is 3. The fourth-order valence-corrected chi connectivity index (χ4v) is 13.3. The highest BCUT2D eigenvalue weighted by Gasteiger charge is 2.37. The molecule has 0 radical (unpaired) electrons. The third-order valence-corrected chi connectivity index (χ3v) is 16.6. The summed E-state index contributed by atoms with van der Waals surface area (Å²) in [5.41, 5.74) is -0.124. The number of carboxylic acid groups (broad SMARTS) is 1. The first kappa shape index (κ1) is 38.7. The fraction of sp³-hybridized carbons (Fsp3) is 0.472. The summed E-state index contributed by atoms with van der Waals surface area (Å²) in [7, 11) is -5.36. The number of fused-ring (bicyclic) bond motifs is 1. The van der Waals surface area contributed by atoms with Crippen LogP contribution in [0.4, 0.5) is 10.1 Å². The number of rotatable bonds is 15. The predicted octanol–water partition coefficient (Wildman–Crippen LogP) is 6.34. The average molecular weight is 776 g/mol. The number of piperazine rings is 1. The molecule has 1 saturated carbocycles. The molecule has 1 aliphatic carbocycles. The number of hydrogen-bond donors (Lipinski definition) is 1. The van der Waals surface area contributed by atoms with Crippen LogP contribution >= 0.6 is 14.7 Å². The minimum Gasteiger partial charge on any atom is -0.492 e. The van der Waals surface area contributed by atoms with Crippen molar-refractivity contribution in [2.45, 2.75) is 59.2 Å². The van der Waals surface area contributed by atoms with E-state index >= 15 is 4.39 Å². The van der Waals surface area contributed by atoms with Gasteiger partial charge in [-0.05, 0) is 39.7 Å². The van der Waals surface area contributed by atoms with Gasteiger partial charge in [-0.15, -0.1) is 0 Å². The number of carbonyl (C=O) groups is 1. The van der Waals surface area contributed by atoms with Gasteiger partial charge in [0.25, 0.3) is 0 Å². The zero-order valence-corrected chi connectivity index (χ0v) is 32.1. The number of pyridine rings is 1. The van der Waals surface area contributed by atoms with Crippen molar-refractivity contribution < 1.29 is 46.0 Å². The van der Waals surface area contributed by atoms with Crippen molar-refractivity contribution in [1.82, 2.24) is 9.47 Å². The van der Waals surface area contributed by atoms with Crippen molar-refractivity contribution in [2.75, 3.05) is 56.9 Å². The fourth-order valence-electron chi connectivity index (χ4n) is 7.01. The van der Waals surface area contributed by atoms with Gasteiger partial charge in [0, 0.05) is 54.9 Å². The van der Waals surface area contributed by atoms with Crippen LogP contribution in [0.3, 0.4) is 0 Å². The Morgan fingerprint density at radius 1 is 1.04 bits per heavy atom. The second-order valence-electron chi connectivity index (χ2n) is 13.3. The molecule has 3 heterocycles. The maximum atomic E-state index is 16.0. The Bertz CT molecular complexity index is 2220. The standard InChI is InChI=1S/C36H44FN3O11P2/c1-6-48-53(46,49-7-2)21-52(45,8-3)25-13-9-23(10-14-25)33-29(50-36(44)51-33)20-38-15-16-39(18-22(38)4)31-28(37)17-26-30(34(31)47-5)40(24-11-12-24)19-27(32(26)41)35(42)43/h9-10,13-14,17,19,22,24H,6-8,11-12,15-16,18,20-21H2,1-5H3,(H,42,43). The van der Waals surface area contributed by atoms with Crippen LogP contribution < -0.4 is 26.2 Å². The first-order valence-electron chi connectivity index (χ1n) is 17.6. The average Bonchev–Trinajstić information content (AvgIpc) is 3.90. The Morgan fingerprint density at radius 2 is 1.72 bits per heavy atom. The Balaban J connectivity index is 1.24. The molecular weight excluding hydrogens is 731 g/mol. The minimum absolute atomic E-state index is 0.0234. The van der Waals surface area contributed by atoms with Gasteiger partial charge >= 0.3 is 19.4 Å². The lowest BCUT2D eigenvalue weighted by Gasteiger charge is -2.41. The van der Waals surface area contributed by atoms with Gasteiger partial charge in [0.2, 0.25) is 5.43 Å². The number of carboxylic acids is 1. The number of aromatic carboxylic acids is 1. The molecule has 2 atom stereocenters. The summed E-state index contributed by atoms with van der Waals surface area (Å²) in [6.45, 7) is 8.78. The number of aromatic nitrogens is 1. The zero-order chi connectivity index (χ0) is 38.2. The number of benzene rings is 2. The largest absolute Gasteiger partial charge is 0.519 e. The first-order chi connectivity index (χ1) is 25.3. The van der Waals surface area contributed by atoms with E-state index in [1.54, 1.807) is 49.6 Å². The molecule has 2 fully saturated rings. The predicted molar refractivity (Wildman–Crippen MR) is 198 cm³/mol. The summed E-state index contributed by atoms with van der Waals surface area (Å²) in [6.07, 6.45) is 3.16. The van der Waals surface area contributed by atoms with Gasteiger partial charge in [0.05, 0.1) is 37.8 Å². The van der Waals surface area contributed by atoms with Gasteiger partial charge in [-0.25, -0.2) is 14.0 Å². The van der Waals surface area contributed by atoms with Gasteiger partial charge in [0.1, 0.15) is 24.3 Å². The Hall–Kier alpha value is -4.00. The quantitative estimate of drug-likeness (QED) is 0.133. The van der Waals surface area contributed by atoms with Crippen molar-refractivity contribution in [2.24, 2.45) is 0 Å². The Morgan fingerprint density at radius 3 is 2.28 bits per heavy atom. The molecule has 2 aliphatic rings. The molecule has 53 heavy (non-hydrogen) atoms. The number of halogens is 1. The summed E-state index contributed by atoms with van der Waals surface area (Å²) in [6, 6.07) is 7.58. The molecule has 2 aromatic carbocycles. The second kappa shape index (κ2) is 15.4. The van der Waals surface area contributed by atoms with Crippen LogP contribution in [0.5, 0.6) is 5.75 Å². The number of methoxy groups -OCH3 is 1. The summed E-state index contributed by atoms with van der Waals surface area (Å²) < 4.78 is 72.5. The highest BCUT2D eigenvalue weighted by atomic mass is 31.2. The summed E-state index contributed by atoms with van der Waals surface area (Å²) in [5.74, 6) is -2.51. The molecule has 1 N–H and O–H groups in total. The smallest absolute Gasteiger partial charge is 0.492 e. The zero-order valence-electron chi connectivity index (χ0n) is 30.3. The molecule has 2 unspecified atom stereocenters. The maximum Gasteiger partial charge on any atom is 0.519 e. The maximum absolute atomic E-state index is 16.0. The van der Waals surface area contributed by atoms with E-state index in [4.69, 9.17) is 22.6 Å².